The zero-order chi connectivity index (χ0) is 17.8. The van der Waals surface area contributed by atoms with Gasteiger partial charge in [0.15, 0.2) is 0 Å². The molecule has 2 aromatic carbocycles. The van der Waals surface area contributed by atoms with Gasteiger partial charge in [-0.2, -0.15) is 0 Å². The summed E-state index contributed by atoms with van der Waals surface area (Å²) in [7, 11) is 0. The molecule has 126 valence electrons. The van der Waals surface area contributed by atoms with Crippen LogP contribution in [0.2, 0.25) is 0 Å². The highest BCUT2D eigenvalue weighted by atomic mass is 16.6. The molecule has 1 N–H and O–H groups in total. The maximum atomic E-state index is 12.4. The molecule has 0 unspecified atom stereocenters. The van der Waals surface area contributed by atoms with E-state index in [1.54, 1.807) is 16.8 Å². The van der Waals surface area contributed by atoms with E-state index in [4.69, 9.17) is 4.74 Å². The van der Waals surface area contributed by atoms with E-state index in [-0.39, 0.29) is 5.56 Å². The van der Waals surface area contributed by atoms with Crippen LogP contribution in [0.5, 0.6) is 0 Å². The van der Waals surface area contributed by atoms with Gasteiger partial charge in [0.05, 0.1) is 11.0 Å². The first-order chi connectivity index (χ1) is 11.8. The number of nitrogens with zero attached hydrogens (tertiary/aromatic N) is 2. The van der Waals surface area contributed by atoms with Crippen molar-refractivity contribution in [3.8, 4) is 0 Å². The standard InChI is InChI=1S/C19H17N3O3/c1-19(2,3)25-14(23)10-13-11-6-4-5-7-12(11)15-16(13)22-9-8-20-17(22)18(24)21-15/h4-10H,1-3H3,(H,21,24). The molecule has 0 saturated heterocycles. The first-order valence-electron chi connectivity index (χ1n) is 7.99. The van der Waals surface area contributed by atoms with E-state index in [9.17, 15) is 9.59 Å². The minimum Gasteiger partial charge on any atom is -0.457 e. The number of H-pyrrole nitrogens is 1. The number of esters is 1. The third-order valence-electron chi connectivity index (χ3n) is 3.97. The predicted octanol–water partition coefficient (Wildman–Crippen LogP) is 2.17. The summed E-state index contributed by atoms with van der Waals surface area (Å²) in [4.78, 5) is 31.7. The number of ether oxygens (including phenoxy) is 1. The Labute approximate surface area is 142 Å². The van der Waals surface area contributed by atoms with E-state index < -0.39 is 11.6 Å². The molecule has 0 aliphatic rings. The van der Waals surface area contributed by atoms with Crippen LogP contribution in [-0.4, -0.2) is 25.9 Å². The second-order valence-electron chi connectivity index (χ2n) is 6.94. The van der Waals surface area contributed by atoms with Crippen molar-refractivity contribution in [2.45, 2.75) is 26.4 Å². The number of imidazole rings is 1. The molecular weight excluding hydrogens is 318 g/mol. The van der Waals surface area contributed by atoms with Gasteiger partial charge in [-0.15, -0.1) is 0 Å². The van der Waals surface area contributed by atoms with Crippen LogP contribution in [0, 0.1) is 0 Å². The van der Waals surface area contributed by atoms with E-state index >= 15 is 0 Å². The number of aromatic nitrogens is 3. The van der Waals surface area contributed by atoms with Crippen molar-refractivity contribution in [2.24, 2.45) is 0 Å². The Morgan fingerprint density at radius 3 is 2.68 bits per heavy atom. The monoisotopic (exact) mass is 335 g/mol. The lowest BCUT2D eigenvalue weighted by Crippen LogP contribution is -2.24. The first kappa shape index (κ1) is 15.4. The quantitative estimate of drug-likeness (QED) is 0.541. The van der Waals surface area contributed by atoms with E-state index in [1.807, 2.05) is 45.0 Å². The highest BCUT2D eigenvalue weighted by Crippen LogP contribution is 2.22. The van der Waals surface area contributed by atoms with Crippen LogP contribution in [0.15, 0.2) is 41.5 Å². The third kappa shape index (κ3) is 2.46. The number of aromatic amines is 1. The van der Waals surface area contributed by atoms with Crippen LogP contribution in [0.1, 0.15) is 20.8 Å². The Morgan fingerprint density at radius 1 is 1.24 bits per heavy atom. The molecule has 0 fully saturated rings. The largest absolute Gasteiger partial charge is 0.457 e. The molecule has 25 heavy (non-hydrogen) atoms. The number of carbonyl (C=O) groups is 1. The normalized spacial score (nSPS) is 13.2. The van der Waals surface area contributed by atoms with Gasteiger partial charge in [-0.05, 0) is 26.2 Å². The lowest BCUT2D eigenvalue weighted by atomic mass is 10.2. The van der Waals surface area contributed by atoms with Gasteiger partial charge < -0.3 is 9.72 Å². The molecule has 2 heterocycles. The van der Waals surface area contributed by atoms with Crippen LogP contribution in [-0.2, 0) is 9.53 Å². The number of benzene rings is 1. The first-order valence-corrected chi connectivity index (χ1v) is 7.99. The Kier molecular flexibility index (Phi) is 3.18. The van der Waals surface area contributed by atoms with E-state index in [2.05, 4.69) is 9.97 Å². The highest BCUT2D eigenvalue weighted by Gasteiger charge is 2.17. The molecule has 0 radical (unpaired) electrons. The summed E-state index contributed by atoms with van der Waals surface area (Å²) in [6, 6.07) is 7.64. The smallest absolute Gasteiger partial charge is 0.331 e. The predicted molar refractivity (Wildman–Crippen MR) is 96.4 cm³/mol. The minimum absolute atomic E-state index is 0.267. The molecule has 6 heteroatoms. The van der Waals surface area contributed by atoms with Gasteiger partial charge in [0, 0.05) is 29.1 Å². The van der Waals surface area contributed by atoms with E-state index in [0.29, 0.717) is 16.4 Å². The van der Waals surface area contributed by atoms with Gasteiger partial charge >= 0.3 is 5.97 Å². The number of hydrogen-bond acceptors (Lipinski definition) is 4. The van der Waals surface area contributed by atoms with Crippen molar-refractivity contribution in [1.29, 1.82) is 0 Å². The summed E-state index contributed by atoms with van der Waals surface area (Å²) in [6.45, 7) is 5.47. The second kappa shape index (κ2) is 5.17. The molecule has 0 spiro atoms. The molecule has 6 nitrogen and oxygen atoms in total. The minimum atomic E-state index is -0.579. The van der Waals surface area contributed by atoms with Gasteiger partial charge in [-0.25, -0.2) is 9.78 Å². The topological polar surface area (TPSA) is 76.5 Å². The maximum absolute atomic E-state index is 12.4. The van der Waals surface area contributed by atoms with Crippen LogP contribution in [0.3, 0.4) is 0 Å². The second-order valence-corrected chi connectivity index (χ2v) is 6.94. The lowest BCUT2D eigenvalue weighted by Gasteiger charge is -2.17. The number of rotatable bonds is 1. The van der Waals surface area contributed by atoms with Crippen molar-refractivity contribution >= 4 is 39.5 Å². The average Bonchev–Trinajstić information content (AvgIpc) is 3.10. The van der Waals surface area contributed by atoms with Crippen molar-refractivity contribution in [3.63, 3.8) is 0 Å². The zero-order valence-electron chi connectivity index (χ0n) is 14.2. The van der Waals surface area contributed by atoms with Crippen molar-refractivity contribution < 1.29 is 9.53 Å². The summed E-state index contributed by atoms with van der Waals surface area (Å²) < 4.78 is 7.15. The number of hydrogen-bond donors (Lipinski definition) is 1. The molecule has 4 aromatic rings. The van der Waals surface area contributed by atoms with E-state index in [0.717, 1.165) is 16.3 Å². The highest BCUT2D eigenvalue weighted by molar-refractivity contribution is 6.13. The van der Waals surface area contributed by atoms with Crippen LogP contribution < -0.4 is 10.8 Å². The Hall–Kier alpha value is -3.15. The van der Waals surface area contributed by atoms with Gasteiger partial charge in [-0.1, -0.05) is 24.3 Å². The Morgan fingerprint density at radius 2 is 1.96 bits per heavy atom. The molecule has 0 bridgehead atoms. The number of nitrogens with one attached hydrogen (secondary N) is 1. The zero-order valence-corrected chi connectivity index (χ0v) is 14.2. The maximum Gasteiger partial charge on any atom is 0.331 e. The van der Waals surface area contributed by atoms with Crippen LogP contribution in [0.25, 0.3) is 33.5 Å². The summed E-state index contributed by atoms with van der Waals surface area (Å²) in [5.74, 6) is -0.426. The summed E-state index contributed by atoms with van der Waals surface area (Å²) in [5, 5.41) is 2.46. The average molecular weight is 335 g/mol. The molecule has 0 amide bonds. The lowest BCUT2D eigenvalue weighted by molar-refractivity contribution is -0.146. The Balaban J connectivity index is 2.16. The molecular formula is C19H17N3O3. The molecule has 0 atom stereocenters. The number of carbonyl (C=O) groups excluding carboxylic acids is 1. The fourth-order valence-electron chi connectivity index (χ4n) is 3.12. The fourth-order valence-corrected chi connectivity index (χ4v) is 3.12. The summed E-state index contributed by atoms with van der Waals surface area (Å²) in [6.07, 6.45) is 4.77. The molecule has 0 saturated carbocycles. The fraction of sp³-hybridized carbons (Fsp3) is 0.211. The van der Waals surface area contributed by atoms with Gasteiger partial charge in [0.1, 0.15) is 5.60 Å². The van der Waals surface area contributed by atoms with Crippen molar-refractivity contribution in [3.05, 3.63) is 52.2 Å². The van der Waals surface area contributed by atoms with Crippen LogP contribution in [0.4, 0.5) is 0 Å². The third-order valence-corrected chi connectivity index (χ3v) is 3.97. The SMILES string of the molecule is CC(C)(C)OC(=O)C=c1c2ccccc2c2[nH]c(=O)c3nccn3c12. The molecule has 2 aromatic heterocycles. The van der Waals surface area contributed by atoms with Gasteiger partial charge in [-0.3, -0.25) is 9.20 Å². The van der Waals surface area contributed by atoms with E-state index in [1.165, 1.54) is 6.08 Å². The number of fused-ring (bicyclic) bond motifs is 5. The Bertz CT molecular complexity index is 1240. The molecule has 4 rings (SSSR count). The van der Waals surface area contributed by atoms with Crippen molar-refractivity contribution in [2.75, 3.05) is 0 Å². The van der Waals surface area contributed by atoms with Gasteiger partial charge in [0.2, 0.25) is 5.65 Å². The van der Waals surface area contributed by atoms with Crippen LogP contribution >= 0.6 is 0 Å². The summed E-state index contributed by atoms with van der Waals surface area (Å²) >= 11 is 0. The molecule has 0 aliphatic carbocycles. The summed E-state index contributed by atoms with van der Waals surface area (Å²) in [5.41, 5.74) is 0.864. The van der Waals surface area contributed by atoms with Crippen molar-refractivity contribution in [1.82, 2.24) is 14.4 Å². The van der Waals surface area contributed by atoms with Gasteiger partial charge in [0.25, 0.3) is 5.56 Å². The molecule has 0 aliphatic heterocycles.